The third-order valence-corrected chi connectivity index (χ3v) is 6.05. The minimum absolute atomic E-state index is 0.0532. The first-order valence-corrected chi connectivity index (χ1v) is 7.64. The van der Waals surface area contributed by atoms with Gasteiger partial charge in [0.1, 0.15) is 0 Å². The number of nitrogens with two attached hydrogens (primary N) is 1. The average Bonchev–Trinajstić information content (AvgIpc) is 2.63. The molecule has 0 fully saturated rings. The van der Waals surface area contributed by atoms with Crippen molar-refractivity contribution in [3.05, 3.63) is 48.2 Å². The van der Waals surface area contributed by atoms with E-state index in [1.807, 2.05) is 12.1 Å². The van der Waals surface area contributed by atoms with Crippen molar-refractivity contribution in [2.75, 3.05) is 0 Å². The summed E-state index contributed by atoms with van der Waals surface area (Å²) in [7, 11) is 0. The van der Waals surface area contributed by atoms with Gasteiger partial charge in [0.15, 0.2) is 0 Å². The second-order valence-electron chi connectivity index (χ2n) is 3.55. The van der Waals surface area contributed by atoms with Crippen molar-refractivity contribution in [2.45, 2.75) is 12.5 Å². The molecule has 2 aromatic rings. The van der Waals surface area contributed by atoms with Gasteiger partial charge in [-0.05, 0) is 56.0 Å². The molecule has 2 rings (SSSR count). The van der Waals surface area contributed by atoms with Gasteiger partial charge in [-0.3, -0.25) is 4.98 Å². The van der Waals surface area contributed by atoms with Crippen molar-refractivity contribution in [1.82, 2.24) is 4.98 Å². The third kappa shape index (κ3) is 3.29. The van der Waals surface area contributed by atoms with Gasteiger partial charge in [-0.1, -0.05) is 11.6 Å². The lowest BCUT2D eigenvalue weighted by Gasteiger charge is -2.10. The lowest BCUT2D eigenvalue weighted by molar-refractivity contribution is 0.735. The molecule has 1 unspecified atom stereocenters. The molecule has 2 N–H and O–H groups in total. The first-order chi connectivity index (χ1) is 8.08. The molecule has 0 amide bonds. The molecular formula is C11H9Br2ClN2S. The maximum atomic E-state index is 6.17. The zero-order valence-electron chi connectivity index (χ0n) is 8.66. The van der Waals surface area contributed by atoms with Crippen molar-refractivity contribution in [2.24, 2.45) is 5.73 Å². The van der Waals surface area contributed by atoms with Crippen LogP contribution in [0.2, 0.25) is 5.02 Å². The molecule has 0 aromatic carbocycles. The quantitative estimate of drug-likeness (QED) is 0.826. The predicted molar refractivity (Wildman–Crippen MR) is 79.6 cm³/mol. The number of pyridine rings is 1. The molecule has 1 atom stereocenters. The molecule has 0 radical (unpaired) electrons. The second kappa shape index (κ2) is 5.80. The fourth-order valence-electron chi connectivity index (χ4n) is 1.45. The molecule has 90 valence electrons. The van der Waals surface area contributed by atoms with Crippen molar-refractivity contribution in [1.29, 1.82) is 0 Å². The number of thiophene rings is 1. The Bertz CT molecular complexity index is 510. The van der Waals surface area contributed by atoms with E-state index >= 15 is 0 Å². The molecule has 0 spiro atoms. The molecule has 2 aromatic heterocycles. The molecule has 2 heterocycles. The fourth-order valence-corrected chi connectivity index (χ4v) is 3.74. The van der Waals surface area contributed by atoms with E-state index in [1.165, 1.54) is 0 Å². The third-order valence-electron chi connectivity index (χ3n) is 2.33. The molecule has 0 aliphatic carbocycles. The molecule has 0 saturated carbocycles. The van der Waals surface area contributed by atoms with Gasteiger partial charge in [-0.15, -0.1) is 11.3 Å². The van der Waals surface area contributed by atoms with E-state index in [4.69, 9.17) is 17.3 Å². The van der Waals surface area contributed by atoms with Crippen LogP contribution >= 0.6 is 54.8 Å². The number of rotatable bonds is 3. The van der Waals surface area contributed by atoms with Crippen LogP contribution < -0.4 is 5.73 Å². The van der Waals surface area contributed by atoms with Gasteiger partial charge >= 0.3 is 0 Å². The molecule has 2 nitrogen and oxygen atoms in total. The summed E-state index contributed by atoms with van der Waals surface area (Å²) in [5, 5.41) is 0.664. The zero-order chi connectivity index (χ0) is 12.4. The van der Waals surface area contributed by atoms with Crippen LogP contribution in [0.5, 0.6) is 0 Å². The Morgan fingerprint density at radius 2 is 2.24 bits per heavy atom. The van der Waals surface area contributed by atoms with E-state index in [-0.39, 0.29) is 6.04 Å². The summed E-state index contributed by atoms with van der Waals surface area (Å²) in [5.41, 5.74) is 7.19. The van der Waals surface area contributed by atoms with Crippen LogP contribution in [0.3, 0.4) is 0 Å². The largest absolute Gasteiger partial charge is 0.323 e. The highest BCUT2D eigenvalue weighted by atomic mass is 79.9. The van der Waals surface area contributed by atoms with Crippen molar-refractivity contribution in [3.63, 3.8) is 0 Å². The second-order valence-corrected chi connectivity index (χ2v) is 7.21. The van der Waals surface area contributed by atoms with E-state index in [1.54, 1.807) is 23.7 Å². The van der Waals surface area contributed by atoms with Crippen LogP contribution in [0, 0.1) is 0 Å². The SMILES string of the molecule is NC(Cc1ccncc1Cl)c1cc(Br)c(Br)s1. The maximum absolute atomic E-state index is 6.17. The van der Waals surface area contributed by atoms with Gasteiger partial charge in [0.25, 0.3) is 0 Å². The van der Waals surface area contributed by atoms with Gasteiger partial charge in [0.2, 0.25) is 0 Å². The maximum Gasteiger partial charge on any atom is 0.0843 e. The summed E-state index contributed by atoms with van der Waals surface area (Å²) in [6.45, 7) is 0. The summed E-state index contributed by atoms with van der Waals surface area (Å²) in [6, 6.07) is 3.89. The van der Waals surface area contributed by atoms with E-state index in [2.05, 4.69) is 36.8 Å². The fraction of sp³-hybridized carbons (Fsp3) is 0.182. The van der Waals surface area contributed by atoms with E-state index in [9.17, 15) is 0 Å². The number of nitrogens with zero attached hydrogens (tertiary/aromatic N) is 1. The summed E-state index contributed by atoms with van der Waals surface area (Å²) in [5.74, 6) is 0. The Labute approximate surface area is 125 Å². The molecule has 0 saturated heterocycles. The van der Waals surface area contributed by atoms with Crippen LogP contribution in [-0.2, 0) is 6.42 Å². The summed E-state index contributed by atoms with van der Waals surface area (Å²) in [4.78, 5) is 5.08. The zero-order valence-corrected chi connectivity index (χ0v) is 13.4. The smallest absolute Gasteiger partial charge is 0.0843 e. The van der Waals surface area contributed by atoms with Crippen molar-refractivity contribution >= 4 is 54.8 Å². The highest BCUT2D eigenvalue weighted by Gasteiger charge is 2.13. The van der Waals surface area contributed by atoms with E-state index in [0.29, 0.717) is 11.4 Å². The van der Waals surface area contributed by atoms with Gasteiger partial charge < -0.3 is 5.73 Å². The normalized spacial score (nSPS) is 12.7. The Kier molecular flexibility index (Phi) is 4.60. The minimum Gasteiger partial charge on any atom is -0.323 e. The molecule has 0 bridgehead atoms. The van der Waals surface area contributed by atoms with Crippen LogP contribution in [0.4, 0.5) is 0 Å². The van der Waals surface area contributed by atoms with Crippen LogP contribution in [-0.4, -0.2) is 4.98 Å². The van der Waals surface area contributed by atoms with Crippen LogP contribution in [0.1, 0.15) is 16.5 Å². The molecule has 0 aliphatic rings. The molecule has 17 heavy (non-hydrogen) atoms. The minimum atomic E-state index is -0.0532. The first-order valence-electron chi connectivity index (χ1n) is 4.86. The Hall–Kier alpha value is 0.0600. The number of halogens is 3. The van der Waals surface area contributed by atoms with Gasteiger partial charge in [-0.2, -0.15) is 0 Å². The van der Waals surface area contributed by atoms with Crippen LogP contribution in [0.15, 0.2) is 32.8 Å². The highest BCUT2D eigenvalue weighted by Crippen LogP contribution is 2.36. The monoisotopic (exact) mass is 394 g/mol. The predicted octanol–water partition coefficient (Wildman–Crippen LogP) is 4.56. The summed E-state index contributed by atoms with van der Waals surface area (Å²) < 4.78 is 2.09. The standard InChI is InChI=1S/C11H9Br2ClN2S/c12-7-4-10(17-11(7)13)9(15)3-6-1-2-16-5-8(6)14/h1-2,4-5,9H,3,15H2. The number of hydrogen-bond acceptors (Lipinski definition) is 3. The van der Waals surface area contributed by atoms with Crippen molar-refractivity contribution in [3.8, 4) is 0 Å². The van der Waals surface area contributed by atoms with Crippen LogP contribution in [0.25, 0.3) is 0 Å². The van der Waals surface area contributed by atoms with E-state index in [0.717, 1.165) is 18.7 Å². The molecule has 6 heteroatoms. The average molecular weight is 397 g/mol. The number of hydrogen-bond donors (Lipinski definition) is 1. The van der Waals surface area contributed by atoms with Crippen molar-refractivity contribution < 1.29 is 0 Å². The molecular weight excluding hydrogens is 387 g/mol. The van der Waals surface area contributed by atoms with E-state index < -0.39 is 0 Å². The summed E-state index contributed by atoms with van der Waals surface area (Å²) in [6.07, 6.45) is 4.08. The topological polar surface area (TPSA) is 38.9 Å². The van der Waals surface area contributed by atoms with Gasteiger partial charge in [0, 0.05) is 27.8 Å². The lowest BCUT2D eigenvalue weighted by atomic mass is 10.1. The first kappa shape index (κ1) is 13.5. The number of aromatic nitrogens is 1. The van der Waals surface area contributed by atoms with Gasteiger partial charge in [-0.25, -0.2) is 0 Å². The Balaban J connectivity index is 2.17. The summed E-state index contributed by atoms with van der Waals surface area (Å²) >= 11 is 14.6. The Morgan fingerprint density at radius 1 is 1.47 bits per heavy atom. The van der Waals surface area contributed by atoms with Gasteiger partial charge in [0.05, 0.1) is 8.81 Å². The highest BCUT2D eigenvalue weighted by molar-refractivity contribution is 9.13. The molecule has 0 aliphatic heterocycles. The Morgan fingerprint density at radius 3 is 2.82 bits per heavy atom. The lowest BCUT2D eigenvalue weighted by Crippen LogP contribution is -2.12.